The van der Waals surface area contributed by atoms with Crippen LogP contribution in [0.1, 0.15) is 49.6 Å². The summed E-state index contributed by atoms with van der Waals surface area (Å²) in [6, 6.07) is 11.5. The van der Waals surface area contributed by atoms with E-state index >= 15 is 0 Å². The highest BCUT2D eigenvalue weighted by Gasteiger charge is 2.13. The van der Waals surface area contributed by atoms with E-state index in [0.29, 0.717) is 24.7 Å². The van der Waals surface area contributed by atoms with Crippen molar-refractivity contribution in [2.24, 2.45) is 0 Å². The molecule has 0 spiro atoms. The first-order chi connectivity index (χ1) is 10.4. The zero-order chi connectivity index (χ0) is 16.2. The standard InChI is InChI=1S/C18H23NO3/c1-5-19-17(20)16-11-10-15(22-16)12-21-14-8-6-13(7-9-14)18(2,3)4/h6-11H,5,12H2,1-4H3,(H,19,20). The third kappa shape index (κ3) is 4.13. The Labute approximate surface area is 131 Å². The van der Waals surface area contributed by atoms with Gasteiger partial charge in [-0.2, -0.15) is 0 Å². The van der Waals surface area contributed by atoms with Gasteiger partial charge in [0.25, 0.3) is 5.91 Å². The Balaban J connectivity index is 1.94. The number of amides is 1. The molecule has 0 aliphatic rings. The summed E-state index contributed by atoms with van der Waals surface area (Å²) in [5.41, 5.74) is 1.39. The van der Waals surface area contributed by atoms with Crippen LogP contribution >= 0.6 is 0 Å². The predicted octanol–water partition coefficient (Wildman–Crippen LogP) is 3.91. The van der Waals surface area contributed by atoms with Crippen LogP contribution in [0, 0.1) is 0 Å². The molecule has 2 aromatic rings. The van der Waals surface area contributed by atoms with Crippen LogP contribution in [-0.2, 0) is 12.0 Å². The monoisotopic (exact) mass is 301 g/mol. The molecule has 118 valence electrons. The van der Waals surface area contributed by atoms with Crippen molar-refractivity contribution in [2.45, 2.75) is 39.7 Å². The molecule has 4 nitrogen and oxygen atoms in total. The molecule has 0 radical (unpaired) electrons. The van der Waals surface area contributed by atoms with Gasteiger partial charge >= 0.3 is 0 Å². The molecule has 0 unspecified atom stereocenters. The topological polar surface area (TPSA) is 51.5 Å². The Morgan fingerprint density at radius 1 is 1.14 bits per heavy atom. The smallest absolute Gasteiger partial charge is 0.286 e. The average Bonchev–Trinajstić information content (AvgIpc) is 2.94. The fourth-order valence-electron chi connectivity index (χ4n) is 2.03. The first-order valence-electron chi connectivity index (χ1n) is 7.50. The van der Waals surface area contributed by atoms with Crippen molar-refractivity contribution in [3.63, 3.8) is 0 Å². The Morgan fingerprint density at radius 3 is 2.41 bits per heavy atom. The van der Waals surface area contributed by atoms with E-state index in [2.05, 4.69) is 38.2 Å². The van der Waals surface area contributed by atoms with E-state index in [1.807, 2.05) is 19.1 Å². The lowest BCUT2D eigenvalue weighted by molar-refractivity contribution is 0.0924. The molecule has 0 aliphatic carbocycles. The van der Waals surface area contributed by atoms with Gasteiger partial charge in [0.15, 0.2) is 5.76 Å². The van der Waals surface area contributed by atoms with Gasteiger partial charge < -0.3 is 14.5 Å². The number of carbonyl (C=O) groups excluding carboxylic acids is 1. The first-order valence-corrected chi connectivity index (χ1v) is 7.50. The maximum Gasteiger partial charge on any atom is 0.286 e. The lowest BCUT2D eigenvalue weighted by Crippen LogP contribution is -2.21. The molecule has 0 saturated heterocycles. The summed E-state index contributed by atoms with van der Waals surface area (Å²) in [5.74, 6) is 1.51. The second kappa shape index (κ2) is 6.69. The Kier molecular flexibility index (Phi) is 4.91. The summed E-state index contributed by atoms with van der Waals surface area (Å²) in [5, 5.41) is 2.70. The maximum absolute atomic E-state index is 11.6. The molecule has 1 aromatic heterocycles. The van der Waals surface area contributed by atoms with E-state index in [0.717, 1.165) is 5.75 Å². The van der Waals surface area contributed by atoms with Gasteiger partial charge in [0.2, 0.25) is 0 Å². The normalized spacial score (nSPS) is 11.3. The van der Waals surface area contributed by atoms with Gasteiger partial charge in [0, 0.05) is 6.54 Å². The minimum atomic E-state index is -0.205. The van der Waals surface area contributed by atoms with E-state index in [1.165, 1.54) is 5.56 Å². The fourth-order valence-corrected chi connectivity index (χ4v) is 2.03. The van der Waals surface area contributed by atoms with E-state index in [4.69, 9.17) is 9.15 Å². The van der Waals surface area contributed by atoms with Crippen LogP contribution in [0.4, 0.5) is 0 Å². The largest absolute Gasteiger partial charge is 0.486 e. The van der Waals surface area contributed by atoms with Gasteiger partial charge in [-0.05, 0) is 42.2 Å². The Bertz CT molecular complexity index is 621. The molecule has 0 bridgehead atoms. The number of hydrogen-bond acceptors (Lipinski definition) is 3. The highest BCUT2D eigenvalue weighted by atomic mass is 16.5. The van der Waals surface area contributed by atoms with Crippen LogP contribution in [-0.4, -0.2) is 12.5 Å². The molecular formula is C18H23NO3. The molecule has 2 rings (SSSR count). The second-order valence-corrected chi connectivity index (χ2v) is 6.19. The quantitative estimate of drug-likeness (QED) is 0.911. The van der Waals surface area contributed by atoms with E-state index in [9.17, 15) is 4.79 Å². The number of benzene rings is 1. The van der Waals surface area contributed by atoms with Crippen LogP contribution in [0.15, 0.2) is 40.8 Å². The summed E-state index contributed by atoms with van der Waals surface area (Å²) in [6.45, 7) is 9.27. The van der Waals surface area contributed by atoms with Crippen molar-refractivity contribution >= 4 is 5.91 Å². The number of carbonyl (C=O) groups is 1. The lowest BCUT2D eigenvalue weighted by Gasteiger charge is -2.19. The molecule has 1 amide bonds. The van der Waals surface area contributed by atoms with Crippen molar-refractivity contribution in [1.82, 2.24) is 5.32 Å². The summed E-state index contributed by atoms with van der Waals surface area (Å²) in [6.07, 6.45) is 0. The number of hydrogen-bond donors (Lipinski definition) is 1. The molecule has 1 N–H and O–H groups in total. The zero-order valence-corrected chi connectivity index (χ0v) is 13.6. The van der Waals surface area contributed by atoms with E-state index in [-0.39, 0.29) is 11.3 Å². The number of ether oxygens (including phenoxy) is 1. The predicted molar refractivity (Wildman–Crippen MR) is 86.2 cm³/mol. The van der Waals surface area contributed by atoms with E-state index in [1.54, 1.807) is 12.1 Å². The fraction of sp³-hybridized carbons (Fsp3) is 0.389. The van der Waals surface area contributed by atoms with Crippen LogP contribution in [0.25, 0.3) is 0 Å². The summed E-state index contributed by atoms with van der Waals surface area (Å²) in [4.78, 5) is 11.6. The summed E-state index contributed by atoms with van der Waals surface area (Å²) >= 11 is 0. The molecule has 0 saturated carbocycles. The highest BCUT2D eigenvalue weighted by molar-refractivity contribution is 5.91. The zero-order valence-electron chi connectivity index (χ0n) is 13.6. The molecule has 0 atom stereocenters. The van der Waals surface area contributed by atoms with Crippen molar-refractivity contribution in [3.05, 3.63) is 53.5 Å². The molecule has 22 heavy (non-hydrogen) atoms. The van der Waals surface area contributed by atoms with Gasteiger partial charge in [0.05, 0.1) is 0 Å². The second-order valence-electron chi connectivity index (χ2n) is 6.19. The molecule has 1 heterocycles. The molecule has 4 heteroatoms. The Morgan fingerprint density at radius 2 is 1.82 bits per heavy atom. The lowest BCUT2D eigenvalue weighted by atomic mass is 9.87. The van der Waals surface area contributed by atoms with Crippen molar-refractivity contribution in [1.29, 1.82) is 0 Å². The van der Waals surface area contributed by atoms with E-state index < -0.39 is 0 Å². The maximum atomic E-state index is 11.6. The van der Waals surface area contributed by atoms with Gasteiger partial charge in [-0.3, -0.25) is 4.79 Å². The van der Waals surface area contributed by atoms with Gasteiger partial charge in [-0.25, -0.2) is 0 Å². The summed E-state index contributed by atoms with van der Waals surface area (Å²) < 4.78 is 11.1. The SMILES string of the molecule is CCNC(=O)c1ccc(COc2ccc(C(C)(C)C)cc2)o1. The summed E-state index contributed by atoms with van der Waals surface area (Å²) in [7, 11) is 0. The molecule has 1 aromatic carbocycles. The minimum absolute atomic E-state index is 0.126. The van der Waals surface area contributed by atoms with Gasteiger partial charge in [-0.1, -0.05) is 32.9 Å². The van der Waals surface area contributed by atoms with Crippen LogP contribution in [0.2, 0.25) is 0 Å². The first kappa shape index (κ1) is 16.1. The number of rotatable bonds is 5. The van der Waals surface area contributed by atoms with Crippen molar-refractivity contribution < 1.29 is 13.9 Å². The third-order valence-electron chi connectivity index (χ3n) is 3.32. The van der Waals surface area contributed by atoms with Gasteiger partial charge in [-0.15, -0.1) is 0 Å². The Hall–Kier alpha value is -2.23. The molecule has 0 aliphatic heterocycles. The molecular weight excluding hydrogens is 278 g/mol. The molecule has 0 fully saturated rings. The average molecular weight is 301 g/mol. The highest BCUT2D eigenvalue weighted by Crippen LogP contribution is 2.24. The van der Waals surface area contributed by atoms with Crippen LogP contribution in [0.3, 0.4) is 0 Å². The van der Waals surface area contributed by atoms with Crippen LogP contribution in [0.5, 0.6) is 5.75 Å². The number of nitrogens with one attached hydrogen (secondary N) is 1. The number of furan rings is 1. The van der Waals surface area contributed by atoms with Gasteiger partial charge in [0.1, 0.15) is 18.1 Å². The van der Waals surface area contributed by atoms with Crippen LogP contribution < -0.4 is 10.1 Å². The van der Waals surface area contributed by atoms with Crippen molar-refractivity contribution in [3.8, 4) is 5.75 Å². The van der Waals surface area contributed by atoms with Crippen molar-refractivity contribution in [2.75, 3.05) is 6.54 Å². The minimum Gasteiger partial charge on any atom is -0.486 e. The third-order valence-corrected chi connectivity index (χ3v) is 3.32.